The number of ether oxygens (including phenoxy) is 1. The highest BCUT2D eigenvalue weighted by Gasteiger charge is 2.10. The molecule has 0 unspecified atom stereocenters. The Bertz CT molecular complexity index is 899. The van der Waals surface area contributed by atoms with E-state index >= 15 is 0 Å². The molecule has 6 heteroatoms. The summed E-state index contributed by atoms with van der Waals surface area (Å²) in [5.74, 6) is 0.0188. The first-order chi connectivity index (χ1) is 16.9. The lowest BCUT2D eigenvalue weighted by Crippen LogP contribution is -2.06. The van der Waals surface area contributed by atoms with E-state index in [1.165, 1.54) is 25.0 Å². The third kappa shape index (κ3) is 11.7. The van der Waals surface area contributed by atoms with E-state index in [1.807, 2.05) is 13.0 Å². The molecule has 0 aromatic heterocycles. The molecule has 0 aliphatic heterocycles. The number of amides is 1. The first-order valence-electron chi connectivity index (χ1n) is 13.0. The van der Waals surface area contributed by atoms with Gasteiger partial charge in [0.05, 0.1) is 12.7 Å². The van der Waals surface area contributed by atoms with Crippen LogP contribution >= 0.6 is 0 Å². The normalized spacial score (nSPS) is 12.0. The summed E-state index contributed by atoms with van der Waals surface area (Å²) in [5, 5.41) is 32.0. The molecule has 0 saturated heterocycles. The van der Waals surface area contributed by atoms with Gasteiger partial charge in [-0.15, -0.1) is 0 Å². The summed E-state index contributed by atoms with van der Waals surface area (Å²) in [6.07, 6.45) is 9.85. The van der Waals surface area contributed by atoms with Crippen LogP contribution in [-0.2, 0) is 22.6 Å². The fraction of sp³-hybridized carbons (Fsp3) is 0.552. The molecule has 0 fully saturated rings. The Labute approximate surface area is 210 Å². The number of benzene rings is 2. The van der Waals surface area contributed by atoms with Gasteiger partial charge in [0.25, 0.3) is 0 Å². The second-order valence-electron chi connectivity index (χ2n) is 9.43. The van der Waals surface area contributed by atoms with Crippen LogP contribution in [0.4, 0.5) is 5.69 Å². The van der Waals surface area contributed by atoms with Gasteiger partial charge in [0, 0.05) is 31.4 Å². The maximum Gasteiger partial charge on any atom is 0.221 e. The number of hydrogen-bond acceptors (Lipinski definition) is 5. The number of rotatable bonds is 17. The maximum atomic E-state index is 11.3. The van der Waals surface area contributed by atoms with Gasteiger partial charge in [-0.1, -0.05) is 44.2 Å². The minimum absolute atomic E-state index is 0.0441. The summed E-state index contributed by atoms with van der Waals surface area (Å²) in [5.41, 5.74) is 4.48. The molecule has 6 nitrogen and oxygen atoms in total. The van der Waals surface area contributed by atoms with E-state index in [-0.39, 0.29) is 18.3 Å². The minimum atomic E-state index is -0.556. The summed E-state index contributed by atoms with van der Waals surface area (Å²) in [4.78, 5) is 11.3. The number of carbonyl (C=O) groups is 1. The van der Waals surface area contributed by atoms with Crippen LogP contribution in [0.2, 0.25) is 0 Å². The van der Waals surface area contributed by atoms with Crippen LogP contribution in [0.5, 0.6) is 5.75 Å². The number of aromatic hydroxyl groups is 1. The molecule has 0 heterocycles. The van der Waals surface area contributed by atoms with E-state index < -0.39 is 6.10 Å². The summed E-state index contributed by atoms with van der Waals surface area (Å²) in [7, 11) is 0. The van der Waals surface area contributed by atoms with E-state index in [2.05, 4.69) is 17.4 Å². The van der Waals surface area contributed by atoms with E-state index in [0.717, 1.165) is 81.4 Å². The number of aliphatic hydroxyl groups is 2. The second kappa shape index (κ2) is 16.3. The molecule has 0 radical (unpaired) electrons. The van der Waals surface area contributed by atoms with Crippen LogP contribution in [0.3, 0.4) is 0 Å². The summed E-state index contributed by atoms with van der Waals surface area (Å²) < 4.78 is 5.78. The average molecular weight is 486 g/mol. The predicted octanol–water partition coefficient (Wildman–Crippen LogP) is 5.95. The van der Waals surface area contributed by atoms with Crippen molar-refractivity contribution in [1.82, 2.24) is 0 Å². The van der Waals surface area contributed by atoms with Crippen molar-refractivity contribution in [2.75, 3.05) is 18.5 Å². The van der Waals surface area contributed by atoms with Crippen LogP contribution in [0, 0.1) is 6.92 Å². The molecule has 2 rings (SSSR count). The maximum absolute atomic E-state index is 11.3. The van der Waals surface area contributed by atoms with E-state index in [4.69, 9.17) is 4.74 Å². The first kappa shape index (κ1) is 28.8. The fourth-order valence-corrected chi connectivity index (χ4v) is 4.27. The van der Waals surface area contributed by atoms with E-state index in [9.17, 15) is 20.1 Å². The summed E-state index contributed by atoms with van der Waals surface area (Å²) in [6.45, 7) is 4.95. The monoisotopic (exact) mass is 485 g/mol. The predicted molar refractivity (Wildman–Crippen MR) is 141 cm³/mol. The molecule has 4 N–H and O–H groups in total. The van der Waals surface area contributed by atoms with Crippen LogP contribution in [0.1, 0.15) is 93.1 Å². The molecular weight excluding hydrogens is 442 g/mol. The molecule has 0 bridgehead atoms. The lowest BCUT2D eigenvalue weighted by molar-refractivity contribution is -0.114. The zero-order valence-corrected chi connectivity index (χ0v) is 21.4. The Hall–Kier alpha value is -2.41. The van der Waals surface area contributed by atoms with Crippen molar-refractivity contribution in [2.45, 2.75) is 90.8 Å². The van der Waals surface area contributed by atoms with Gasteiger partial charge in [0.2, 0.25) is 5.91 Å². The highest BCUT2D eigenvalue weighted by atomic mass is 16.5. The van der Waals surface area contributed by atoms with Gasteiger partial charge < -0.3 is 25.4 Å². The topological polar surface area (TPSA) is 99.0 Å². The lowest BCUT2D eigenvalue weighted by atomic mass is 10.00. The van der Waals surface area contributed by atoms with Gasteiger partial charge in [0.15, 0.2) is 0 Å². The number of carbonyl (C=O) groups excluding carboxylic acids is 1. The van der Waals surface area contributed by atoms with Crippen molar-refractivity contribution in [1.29, 1.82) is 0 Å². The van der Waals surface area contributed by atoms with E-state index in [1.54, 1.807) is 12.1 Å². The first-order valence-corrected chi connectivity index (χ1v) is 13.0. The summed E-state index contributed by atoms with van der Waals surface area (Å²) >= 11 is 0. The third-order valence-corrected chi connectivity index (χ3v) is 6.14. The molecule has 2 aromatic rings. The van der Waals surface area contributed by atoms with Crippen molar-refractivity contribution in [3.63, 3.8) is 0 Å². The molecule has 35 heavy (non-hydrogen) atoms. The number of nitrogens with one attached hydrogen (secondary N) is 1. The molecule has 0 saturated carbocycles. The molecule has 0 spiro atoms. The Kier molecular flexibility index (Phi) is 13.4. The number of aryl methyl sites for hydroxylation is 2. The van der Waals surface area contributed by atoms with Gasteiger partial charge in [-0.2, -0.15) is 0 Å². The SMILES string of the molecule is CC(=O)Nc1cc(C)cc(CCCCOCCCCCCCC[C@H](O)c2ccc(O)c(CO)c2)c1. The number of anilines is 1. The van der Waals surface area contributed by atoms with Gasteiger partial charge in [0.1, 0.15) is 5.75 Å². The van der Waals surface area contributed by atoms with Gasteiger partial charge in [-0.25, -0.2) is 0 Å². The largest absolute Gasteiger partial charge is 0.508 e. The molecular formula is C29H43NO5. The van der Waals surface area contributed by atoms with Crippen molar-refractivity contribution in [3.05, 3.63) is 58.7 Å². The summed E-state index contributed by atoms with van der Waals surface area (Å²) in [6, 6.07) is 11.1. The zero-order chi connectivity index (χ0) is 25.5. The molecule has 1 amide bonds. The molecule has 2 aromatic carbocycles. The highest BCUT2D eigenvalue weighted by Crippen LogP contribution is 2.25. The van der Waals surface area contributed by atoms with E-state index in [0.29, 0.717) is 12.0 Å². The quantitative estimate of drug-likeness (QED) is 0.207. The van der Waals surface area contributed by atoms with Gasteiger partial charge >= 0.3 is 0 Å². The van der Waals surface area contributed by atoms with Crippen molar-refractivity contribution >= 4 is 11.6 Å². The minimum Gasteiger partial charge on any atom is -0.508 e. The van der Waals surface area contributed by atoms with Crippen LogP contribution < -0.4 is 5.32 Å². The highest BCUT2D eigenvalue weighted by molar-refractivity contribution is 5.88. The molecule has 0 aliphatic rings. The Balaban J connectivity index is 1.44. The van der Waals surface area contributed by atoms with Crippen molar-refractivity contribution < 1.29 is 24.9 Å². The number of aliphatic hydroxyl groups excluding tert-OH is 2. The Morgan fingerprint density at radius 2 is 1.63 bits per heavy atom. The van der Waals surface area contributed by atoms with Crippen LogP contribution in [0.15, 0.2) is 36.4 Å². The Morgan fingerprint density at radius 1 is 0.943 bits per heavy atom. The van der Waals surface area contributed by atoms with Gasteiger partial charge in [-0.3, -0.25) is 4.79 Å². The number of hydrogen-bond donors (Lipinski definition) is 4. The number of phenols is 1. The standard InChI is InChI=1S/C29H43NO5/c1-22-17-24(19-27(18-22)30-23(2)32)11-8-10-16-35-15-9-6-4-3-5-7-12-28(33)25-13-14-29(34)26(20-25)21-31/h13-14,17-20,28,31,33-34H,3-12,15-16,21H2,1-2H3,(H,30,32)/t28-/m0/s1. The number of unbranched alkanes of at least 4 members (excludes halogenated alkanes) is 6. The van der Waals surface area contributed by atoms with Crippen molar-refractivity contribution in [2.24, 2.45) is 0 Å². The molecule has 194 valence electrons. The third-order valence-electron chi connectivity index (χ3n) is 6.14. The average Bonchev–Trinajstić information content (AvgIpc) is 2.81. The molecule has 0 aliphatic carbocycles. The van der Waals surface area contributed by atoms with Gasteiger partial charge in [-0.05, 0) is 80.0 Å². The fourth-order valence-electron chi connectivity index (χ4n) is 4.27. The van der Waals surface area contributed by atoms with Crippen LogP contribution in [-0.4, -0.2) is 34.4 Å². The lowest BCUT2D eigenvalue weighted by Gasteiger charge is -2.12. The second-order valence-corrected chi connectivity index (χ2v) is 9.43. The Morgan fingerprint density at radius 3 is 2.34 bits per heavy atom. The molecule has 1 atom stereocenters. The van der Waals surface area contributed by atoms with Crippen LogP contribution in [0.25, 0.3) is 0 Å². The van der Waals surface area contributed by atoms with Crippen molar-refractivity contribution in [3.8, 4) is 5.75 Å². The zero-order valence-electron chi connectivity index (χ0n) is 21.4. The smallest absolute Gasteiger partial charge is 0.221 e.